The summed E-state index contributed by atoms with van der Waals surface area (Å²) in [5.74, 6) is 0.824. The lowest BCUT2D eigenvalue weighted by molar-refractivity contribution is 0.0920. The lowest BCUT2D eigenvalue weighted by Crippen LogP contribution is -2.31. The molecule has 0 radical (unpaired) electrons. The van der Waals surface area contributed by atoms with Crippen LogP contribution in [-0.2, 0) is 11.3 Å². The Labute approximate surface area is 136 Å². The number of nitrogens with zero attached hydrogens (tertiary/aromatic N) is 2. The number of likely N-dealkylation sites (tertiary alicyclic amines) is 1. The Balaban J connectivity index is 1.64. The van der Waals surface area contributed by atoms with Crippen LogP contribution in [0.2, 0.25) is 0 Å². The van der Waals surface area contributed by atoms with E-state index >= 15 is 0 Å². The monoisotopic (exact) mass is 311 g/mol. The second-order valence-electron chi connectivity index (χ2n) is 5.62. The van der Waals surface area contributed by atoms with Crippen molar-refractivity contribution in [2.24, 2.45) is 0 Å². The Morgan fingerprint density at radius 3 is 2.83 bits per heavy atom. The van der Waals surface area contributed by atoms with Crippen molar-refractivity contribution in [2.75, 3.05) is 18.9 Å². The molecular formula is C18H21N3O2. The maximum atomic E-state index is 12.4. The topological polar surface area (TPSA) is 54.5 Å². The van der Waals surface area contributed by atoms with Gasteiger partial charge in [-0.1, -0.05) is 36.4 Å². The van der Waals surface area contributed by atoms with Gasteiger partial charge in [0, 0.05) is 19.8 Å². The predicted molar refractivity (Wildman–Crippen MR) is 89.1 cm³/mol. The van der Waals surface area contributed by atoms with Gasteiger partial charge in [-0.25, -0.2) is 9.78 Å². The Morgan fingerprint density at radius 2 is 2.13 bits per heavy atom. The van der Waals surface area contributed by atoms with Gasteiger partial charge < -0.3 is 15.0 Å². The van der Waals surface area contributed by atoms with E-state index in [-0.39, 0.29) is 12.1 Å². The van der Waals surface area contributed by atoms with Crippen LogP contribution in [0.3, 0.4) is 0 Å². The molecule has 1 saturated heterocycles. The molecule has 1 aliphatic rings. The van der Waals surface area contributed by atoms with Crippen molar-refractivity contribution >= 4 is 11.9 Å². The molecule has 2 heterocycles. The van der Waals surface area contributed by atoms with Crippen LogP contribution in [0, 0.1) is 0 Å². The van der Waals surface area contributed by atoms with Crippen LogP contribution < -0.4 is 5.32 Å². The standard InChI is InChI=1S/C18H21N3O2/c1-19-17-10-9-15(12-20-17)16-8-5-11-21(16)18(22)23-13-14-6-3-2-4-7-14/h2-4,6-7,9-10,12,16H,5,8,11,13H2,1H3,(H,19,20)/t16-/m1/s1. The number of hydrogen-bond donors (Lipinski definition) is 1. The minimum atomic E-state index is -0.256. The number of ether oxygens (including phenoxy) is 1. The highest BCUT2D eigenvalue weighted by molar-refractivity contribution is 5.68. The zero-order chi connectivity index (χ0) is 16.1. The number of hydrogen-bond acceptors (Lipinski definition) is 4. The number of pyridine rings is 1. The highest BCUT2D eigenvalue weighted by atomic mass is 16.6. The Kier molecular flexibility index (Phi) is 4.76. The number of carbonyl (C=O) groups is 1. The molecule has 0 aliphatic carbocycles. The number of amides is 1. The predicted octanol–water partition coefficient (Wildman–Crippen LogP) is 3.60. The van der Waals surface area contributed by atoms with Gasteiger partial charge in [0.2, 0.25) is 0 Å². The third-order valence-corrected chi connectivity index (χ3v) is 4.12. The Hall–Kier alpha value is -2.56. The van der Waals surface area contributed by atoms with Crippen molar-refractivity contribution in [2.45, 2.75) is 25.5 Å². The number of benzene rings is 1. The number of anilines is 1. The Bertz CT molecular complexity index is 643. The minimum absolute atomic E-state index is 0.0525. The van der Waals surface area contributed by atoms with Crippen LogP contribution in [0.1, 0.15) is 30.0 Å². The van der Waals surface area contributed by atoms with Gasteiger partial charge in [-0.05, 0) is 30.0 Å². The average molecular weight is 311 g/mol. The molecule has 23 heavy (non-hydrogen) atoms. The van der Waals surface area contributed by atoms with Crippen molar-refractivity contribution in [3.05, 3.63) is 59.8 Å². The first kappa shape index (κ1) is 15.3. The molecule has 0 saturated carbocycles. The van der Waals surface area contributed by atoms with Crippen LogP contribution in [-0.4, -0.2) is 29.6 Å². The van der Waals surface area contributed by atoms with E-state index in [0.717, 1.165) is 36.3 Å². The summed E-state index contributed by atoms with van der Waals surface area (Å²) in [6.45, 7) is 1.03. The third kappa shape index (κ3) is 3.62. The normalized spacial score (nSPS) is 17.1. The van der Waals surface area contributed by atoms with Crippen LogP contribution in [0.15, 0.2) is 48.7 Å². The Morgan fingerprint density at radius 1 is 1.30 bits per heavy atom. The fourth-order valence-electron chi connectivity index (χ4n) is 2.88. The van der Waals surface area contributed by atoms with Gasteiger partial charge in [-0.3, -0.25) is 0 Å². The quantitative estimate of drug-likeness (QED) is 0.937. The van der Waals surface area contributed by atoms with E-state index in [4.69, 9.17) is 4.74 Å². The first-order valence-electron chi connectivity index (χ1n) is 7.89. The van der Waals surface area contributed by atoms with Gasteiger partial charge in [0.15, 0.2) is 0 Å². The molecule has 5 nitrogen and oxygen atoms in total. The lowest BCUT2D eigenvalue weighted by atomic mass is 10.1. The molecular weight excluding hydrogens is 290 g/mol. The summed E-state index contributed by atoms with van der Waals surface area (Å²) < 4.78 is 5.46. The summed E-state index contributed by atoms with van der Waals surface area (Å²) in [4.78, 5) is 18.5. The zero-order valence-corrected chi connectivity index (χ0v) is 13.2. The van der Waals surface area contributed by atoms with E-state index in [9.17, 15) is 4.79 Å². The first-order chi connectivity index (χ1) is 11.3. The van der Waals surface area contributed by atoms with E-state index in [0.29, 0.717) is 6.61 Å². The molecule has 0 unspecified atom stereocenters. The molecule has 3 rings (SSSR count). The van der Waals surface area contributed by atoms with Crippen molar-refractivity contribution in [1.29, 1.82) is 0 Å². The van der Waals surface area contributed by atoms with Crippen LogP contribution in [0.5, 0.6) is 0 Å². The van der Waals surface area contributed by atoms with Gasteiger partial charge in [-0.2, -0.15) is 0 Å². The maximum Gasteiger partial charge on any atom is 0.410 e. The second-order valence-corrected chi connectivity index (χ2v) is 5.62. The van der Waals surface area contributed by atoms with Crippen molar-refractivity contribution in [3.8, 4) is 0 Å². The molecule has 1 N–H and O–H groups in total. The fraction of sp³-hybridized carbons (Fsp3) is 0.333. The largest absolute Gasteiger partial charge is 0.445 e. The molecule has 1 atom stereocenters. The van der Waals surface area contributed by atoms with E-state index in [1.807, 2.05) is 55.7 Å². The molecule has 120 valence electrons. The first-order valence-corrected chi connectivity index (χ1v) is 7.89. The van der Waals surface area contributed by atoms with E-state index in [2.05, 4.69) is 10.3 Å². The van der Waals surface area contributed by atoms with Gasteiger partial charge >= 0.3 is 6.09 Å². The zero-order valence-electron chi connectivity index (χ0n) is 13.2. The molecule has 0 spiro atoms. The molecule has 1 aromatic heterocycles. The van der Waals surface area contributed by atoms with Gasteiger partial charge in [0.25, 0.3) is 0 Å². The smallest absolute Gasteiger partial charge is 0.410 e. The van der Waals surface area contributed by atoms with Gasteiger partial charge in [0.05, 0.1) is 6.04 Å². The van der Waals surface area contributed by atoms with Crippen molar-refractivity contribution in [3.63, 3.8) is 0 Å². The second kappa shape index (κ2) is 7.13. The fourth-order valence-corrected chi connectivity index (χ4v) is 2.88. The highest BCUT2D eigenvalue weighted by Gasteiger charge is 2.31. The summed E-state index contributed by atoms with van der Waals surface area (Å²) in [6.07, 6.45) is 3.51. The number of carbonyl (C=O) groups excluding carboxylic acids is 1. The lowest BCUT2D eigenvalue weighted by Gasteiger charge is -2.24. The molecule has 2 aromatic rings. The maximum absolute atomic E-state index is 12.4. The SMILES string of the molecule is CNc1ccc([C@H]2CCCN2C(=O)OCc2ccccc2)cn1. The summed E-state index contributed by atoms with van der Waals surface area (Å²) in [5, 5.41) is 3.00. The minimum Gasteiger partial charge on any atom is -0.445 e. The van der Waals surface area contributed by atoms with Gasteiger partial charge in [0.1, 0.15) is 12.4 Å². The molecule has 1 aliphatic heterocycles. The number of aromatic nitrogens is 1. The van der Waals surface area contributed by atoms with Crippen molar-refractivity contribution in [1.82, 2.24) is 9.88 Å². The molecule has 0 bridgehead atoms. The number of nitrogens with one attached hydrogen (secondary N) is 1. The summed E-state index contributed by atoms with van der Waals surface area (Å²) >= 11 is 0. The van der Waals surface area contributed by atoms with Crippen LogP contribution in [0.25, 0.3) is 0 Å². The summed E-state index contributed by atoms with van der Waals surface area (Å²) in [6, 6.07) is 13.7. The van der Waals surface area contributed by atoms with E-state index in [1.165, 1.54) is 0 Å². The van der Waals surface area contributed by atoms with Crippen LogP contribution in [0.4, 0.5) is 10.6 Å². The third-order valence-electron chi connectivity index (χ3n) is 4.12. The van der Waals surface area contributed by atoms with Crippen molar-refractivity contribution < 1.29 is 9.53 Å². The highest BCUT2D eigenvalue weighted by Crippen LogP contribution is 2.32. The van der Waals surface area contributed by atoms with Crippen LogP contribution >= 0.6 is 0 Å². The molecule has 1 aromatic carbocycles. The van der Waals surface area contributed by atoms with E-state index < -0.39 is 0 Å². The summed E-state index contributed by atoms with van der Waals surface area (Å²) in [5.41, 5.74) is 2.05. The average Bonchev–Trinajstić information content (AvgIpc) is 3.10. The molecule has 1 fully saturated rings. The van der Waals surface area contributed by atoms with E-state index in [1.54, 1.807) is 4.90 Å². The number of rotatable bonds is 4. The molecule has 1 amide bonds. The van der Waals surface area contributed by atoms with Gasteiger partial charge in [-0.15, -0.1) is 0 Å². The summed E-state index contributed by atoms with van der Waals surface area (Å²) in [7, 11) is 1.84. The molecule has 5 heteroatoms.